The average Bonchev–Trinajstić information content (AvgIpc) is 2.24. The highest BCUT2D eigenvalue weighted by Gasteiger charge is 2.27. The van der Waals surface area contributed by atoms with Gasteiger partial charge in [-0.2, -0.15) is 13.2 Å². The summed E-state index contributed by atoms with van der Waals surface area (Å²) in [6.45, 7) is -1.77. The van der Waals surface area contributed by atoms with Gasteiger partial charge in [0.1, 0.15) is 12.3 Å². The van der Waals surface area contributed by atoms with Crippen LogP contribution in [0, 0.1) is 0 Å². The molecule has 0 aliphatic rings. The van der Waals surface area contributed by atoms with E-state index in [0.717, 1.165) is 0 Å². The molecular weight excluding hydrogens is 223 g/mol. The molecule has 0 atom stereocenters. The summed E-state index contributed by atoms with van der Waals surface area (Å²) >= 11 is 0. The van der Waals surface area contributed by atoms with E-state index < -0.39 is 25.2 Å². The van der Waals surface area contributed by atoms with Gasteiger partial charge in [-0.15, -0.1) is 0 Å². The van der Waals surface area contributed by atoms with E-state index in [1.165, 1.54) is 0 Å². The minimum atomic E-state index is -4.40. The van der Waals surface area contributed by atoms with E-state index in [4.69, 9.17) is 4.74 Å². The van der Waals surface area contributed by atoms with Gasteiger partial charge in [-0.1, -0.05) is 18.2 Å². The second kappa shape index (κ2) is 5.39. The van der Waals surface area contributed by atoms with Gasteiger partial charge >= 0.3 is 6.18 Å². The lowest BCUT2D eigenvalue weighted by Gasteiger charge is -2.09. The van der Waals surface area contributed by atoms with Gasteiger partial charge in [-0.25, -0.2) is 0 Å². The Balaban J connectivity index is 2.26. The molecule has 1 rings (SSSR count). The van der Waals surface area contributed by atoms with Crippen molar-refractivity contribution in [1.82, 2.24) is 5.32 Å². The number of para-hydroxylation sites is 1. The predicted octanol–water partition coefficient (Wildman–Crippen LogP) is 1.74. The summed E-state index contributed by atoms with van der Waals surface area (Å²) in [5.41, 5.74) is 0. The van der Waals surface area contributed by atoms with E-state index in [9.17, 15) is 18.0 Å². The highest BCUT2D eigenvalue weighted by Crippen LogP contribution is 2.12. The topological polar surface area (TPSA) is 38.3 Å². The molecule has 1 aromatic carbocycles. The number of hydrogen-bond acceptors (Lipinski definition) is 2. The Kier molecular flexibility index (Phi) is 4.16. The second-order valence-corrected chi connectivity index (χ2v) is 2.99. The Bertz CT molecular complexity index is 338. The lowest BCUT2D eigenvalue weighted by atomic mass is 10.3. The van der Waals surface area contributed by atoms with Gasteiger partial charge in [-0.05, 0) is 12.1 Å². The fourth-order valence-corrected chi connectivity index (χ4v) is 0.915. The summed E-state index contributed by atoms with van der Waals surface area (Å²) in [6, 6.07) is 8.37. The maximum absolute atomic E-state index is 11.7. The van der Waals surface area contributed by atoms with Crippen molar-refractivity contribution in [3.63, 3.8) is 0 Å². The van der Waals surface area contributed by atoms with Crippen molar-refractivity contribution in [1.29, 1.82) is 0 Å². The largest absolute Gasteiger partial charge is 0.484 e. The third kappa shape index (κ3) is 5.23. The molecule has 0 unspecified atom stereocenters. The Morgan fingerprint density at radius 2 is 1.88 bits per heavy atom. The average molecular weight is 233 g/mol. The molecular formula is C10H10F3NO2. The lowest BCUT2D eigenvalue weighted by molar-refractivity contribution is -0.139. The number of benzene rings is 1. The predicted molar refractivity (Wildman–Crippen MR) is 51.0 cm³/mol. The molecule has 0 aliphatic heterocycles. The van der Waals surface area contributed by atoms with Gasteiger partial charge in [0, 0.05) is 0 Å². The minimum absolute atomic E-state index is 0.430. The third-order valence-electron chi connectivity index (χ3n) is 1.60. The van der Waals surface area contributed by atoms with E-state index >= 15 is 0 Å². The molecule has 0 saturated carbocycles. The van der Waals surface area contributed by atoms with Crippen LogP contribution in [0.4, 0.5) is 13.2 Å². The number of alkyl halides is 3. The first-order chi connectivity index (χ1) is 7.47. The highest BCUT2D eigenvalue weighted by atomic mass is 19.4. The third-order valence-corrected chi connectivity index (χ3v) is 1.60. The normalized spacial score (nSPS) is 10.9. The molecule has 1 aromatic rings. The first kappa shape index (κ1) is 12.4. The van der Waals surface area contributed by atoms with Crippen molar-refractivity contribution < 1.29 is 22.7 Å². The monoisotopic (exact) mass is 233 g/mol. The van der Waals surface area contributed by atoms with Crippen LogP contribution in [-0.4, -0.2) is 25.2 Å². The van der Waals surface area contributed by atoms with Crippen LogP contribution in [-0.2, 0) is 4.79 Å². The van der Waals surface area contributed by atoms with Crippen LogP contribution in [0.2, 0.25) is 0 Å². The minimum Gasteiger partial charge on any atom is -0.484 e. The van der Waals surface area contributed by atoms with Crippen LogP contribution >= 0.6 is 0 Å². The number of amides is 1. The molecule has 0 aromatic heterocycles. The number of hydrogen-bond donors (Lipinski definition) is 1. The highest BCUT2D eigenvalue weighted by molar-refractivity contribution is 5.77. The number of ether oxygens (including phenoxy) is 1. The molecule has 16 heavy (non-hydrogen) atoms. The molecule has 0 aliphatic carbocycles. The van der Waals surface area contributed by atoms with Crippen LogP contribution < -0.4 is 10.1 Å². The second-order valence-electron chi connectivity index (χ2n) is 2.99. The van der Waals surface area contributed by atoms with Crippen LogP contribution in [0.15, 0.2) is 30.3 Å². The first-order valence-corrected chi connectivity index (χ1v) is 4.49. The number of carbonyl (C=O) groups excluding carboxylic acids is 1. The van der Waals surface area contributed by atoms with Gasteiger partial charge in [-0.3, -0.25) is 4.79 Å². The Morgan fingerprint density at radius 3 is 2.44 bits per heavy atom. The molecule has 6 heteroatoms. The zero-order chi connectivity index (χ0) is 12.0. The van der Waals surface area contributed by atoms with Gasteiger partial charge in [0.15, 0.2) is 6.61 Å². The maximum Gasteiger partial charge on any atom is 0.405 e. The van der Waals surface area contributed by atoms with Crippen LogP contribution in [0.5, 0.6) is 5.75 Å². The fourth-order valence-electron chi connectivity index (χ4n) is 0.915. The van der Waals surface area contributed by atoms with Gasteiger partial charge in [0.05, 0.1) is 0 Å². The zero-order valence-corrected chi connectivity index (χ0v) is 8.25. The quantitative estimate of drug-likeness (QED) is 0.860. The molecule has 0 spiro atoms. The SMILES string of the molecule is O=C(COc1ccccc1)NCC(F)(F)F. The zero-order valence-electron chi connectivity index (χ0n) is 8.25. The Labute approximate surface area is 90.2 Å². The van der Waals surface area contributed by atoms with Gasteiger partial charge in [0.25, 0.3) is 5.91 Å². The van der Waals surface area contributed by atoms with E-state index in [0.29, 0.717) is 5.75 Å². The van der Waals surface area contributed by atoms with Gasteiger partial charge < -0.3 is 10.1 Å². The standard InChI is InChI=1S/C10H10F3NO2/c11-10(12,13)7-14-9(15)6-16-8-4-2-1-3-5-8/h1-5H,6-7H2,(H,14,15). The van der Waals surface area contributed by atoms with Gasteiger partial charge in [0.2, 0.25) is 0 Å². The number of nitrogens with one attached hydrogen (secondary N) is 1. The van der Waals surface area contributed by atoms with Crippen LogP contribution in [0.3, 0.4) is 0 Å². The summed E-state index contributed by atoms with van der Waals surface area (Å²) in [5, 5.41) is 1.70. The van der Waals surface area contributed by atoms with Crippen molar-refractivity contribution in [2.75, 3.05) is 13.2 Å². The summed E-state index contributed by atoms with van der Waals surface area (Å²) < 4.78 is 40.1. The molecule has 0 heterocycles. The molecule has 88 valence electrons. The van der Waals surface area contributed by atoms with Crippen molar-refractivity contribution in [3.8, 4) is 5.75 Å². The molecule has 3 nitrogen and oxygen atoms in total. The molecule has 0 bridgehead atoms. The smallest absolute Gasteiger partial charge is 0.405 e. The number of carbonyl (C=O) groups is 1. The van der Waals surface area contributed by atoms with Crippen molar-refractivity contribution in [2.24, 2.45) is 0 Å². The molecule has 0 radical (unpaired) electrons. The number of halogens is 3. The van der Waals surface area contributed by atoms with E-state index in [-0.39, 0.29) is 0 Å². The molecule has 1 amide bonds. The van der Waals surface area contributed by atoms with Crippen LogP contribution in [0.25, 0.3) is 0 Å². The summed E-state index contributed by atoms with van der Waals surface area (Å²) in [6.07, 6.45) is -4.40. The number of rotatable bonds is 4. The van der Waals surface area contributed by atoms with E-state index in [1.807, 2.05) is 0 Å². The van der Waals surface area contributed by atoms with Crippen molar-refractivity contribution in [2.45, 2.75) is 6.18 Å². The van der Waals surface area contributed by atoms with E-state index in [2.05, 4.69) is 0 Å². The molecule has 0 fully saturated rings. The Morgan fingerprint density at radius 1 is 1.25 bits per heavy atom. The summed E-state index contributed by atoms with van der Waals surface area (Å²) in [5.74, 6) is -0.370. The van der Waals surface area contributed by atoms with Crippen LogP contribution in [0.1, 0.15) is 0 Å². The lowest BCUT2D eigenvalue weighted by Crippen LogP contribution is -2.36. The first-order valence-electron chi connectivity index (χ1n) is 4.49. The molecule has 0 saturated heterocycles. The van der Waals surface area contributed by atoms with E-state index in [1.54, 1.807) is 35.6 Å². The summed E-state index contributed by atoms with van der Waals surface area (Å²) in [7, 11) is 0. The maximum atomic E-state index is 11.7. The fraction of sp³-hybridized carbons (Fsp3) is 0.300. The molecule has 1 N–H and O–H groups in total. The Hall–Kier alpha value is -1.72. The van der Waals surface area contributed by atoms with Crippen molar-refractivity contribution >= 4 is 5.91 Å². The van der Waals surface area contributed by atoms with Crippen molar-refractivity contribution in [3.05, 3.63) is 30.3 Å². The summed E-state index contributed by atoms with van der Waals surface area (Å²) in [4.78, 5) is 10.9.